The van der Waals surface area contributed by atoms with Crippen molar-refractivity contribution in [3.8, 4) is 0 Å². The van der Waals surface area contributed by atoms with Crippen LogP contribution in [0.4, 0.5) is 4.39 Å². The van der Waals surface area contributed by atoms with Gasteiger partial charge in [-0.25, -0.2) is 4.39 Å². The zero-order valence-corrected chi connectivity index (χ0v) is 15.9. The van der Waals surface area contributed by atoms with Crippen LogP contribution in [-0.4, -0.2) is 25.0 Å². The summed E-state index contributed by atoms with van der Waals surface area (Å²) in [5.41, 5.74) is 1.94. The molecule has 0 aliphatic carbocycles. The highest BCUT2D eigenvalue weighted by molar-refractivity contribution is 7.99. The standard InChI is InChI=1S/C19H20Cl2FNS/c1-23-10-8-19(9-11-23,15-4-2-3-5-18(15)22)24-13-14-6-7-16(20)17(21)12-14/h2-7,12H,8-11,13H2,1H3. The van der Waals surface area contributed by atoms with Gasteiger partial charge in [0.15, 0.2) is 0 Å². The van der Waals surface area contributed by atoms with Crippen LogP contribution in [0.3, 0.4) is 0 Å². The highest BCUT2D eigenvalue weighted by atomic mass is 35.5. The van der Waals surface area contributed by atoms with Gasteiger partial charge in [0, 0.05) is 16.1 Å². The molecule has 0 radical (unpaired) electrons. The first kappa shape index (κ1) is 18.1. The quantitative estimate of drug-likeness (QED) is 0.637. The fourth-order valence-corrected chi connectivity index (χ4v) is 4.89. The van der Waals surface area contributed by atoms with E-state index in [4.69, 9.17) is 23.2 Å². The minimum Gasteiger partial charge on any atom is -0.306 e. The second kappa shape index (κ2) is 7.65. The summed E-state index contributed by atoms with van der Waals surface area (Å²) in [6, 6.07) is 12.9. The van der Waals surface area contributed by atoms with Crippen molar-refractivity contribution in [1.82, 2.24) is 4.90 Å². The van der Waals surface area contributed by atoms with Crippen LogP contribution in [-0.2, 0) is 10.5 Å². The lowest BCUT2D eigenvalue weighted by atomic mass is 9.88. The molecule has 0 unspecified atom stereocenters. The molecule has 1 fully saturated rings. The van der Waals surface area contributed by atoms with E-state index in [0.29, 0.717) is 10.0 Å². The Hall–Kier alpha value is -0.740. The van der Waals surface area contributed by atoms with Gasteiger partial charge in [-0.05, 0) is 56.7 Å². The van der Waals surface area contributed by atoms with Crippen molar-refractivity contribution in [3.05, 3.63) is 69.5 Å². The largest absolute Gasteiger partial charge is 0.306 e. The Morgan fingerprint density at radius 2 is 1.79 bits per heavy atom. The van der Waals surface area contributed by atoms with Gasteiger partial charge in [0.05, 0.1) is 10.0 Å². The summed E-state index contributed by atoms with van der Waals surface area (Å²) in [7, 11) is 2.12. The minimum absolute atomic E-state index is 0.108. The van der Waals surface area contributed by atoms with E-state index in [-0.39, 0.29) is 10.6 Å². The third-order valence-electron chi connectivity index (χ3n) is 4.66. The van der Waals surface area contributed by atoms with Crippen LogP contribution in [0.5, 0.6) is 0 Å². The summed E-state index contributed by atoms with van der Waals surface area (Å²) >= 11 is 13.9. The van der Waals surface area contributed by atoms with Crippen molar-refractivity contribution in [2.45, 2.75) is 23.3 Å². The molecule has 1 heterocycles. The van der Waals surface area contributed by atoms with E-state index < -0.39 is 0 Å². The number of likely N-dealkylation sites (tertiary alicyclic amines) is 1. The molecule has 24 heavy (non-hydrogen) atoms. The van der Waals surface area contributed by atoms with Gasteiger partial charge < -0.3 is 4.90 Å². The van der Waals surface area contributed by atoms with Gasteiger partial charge >= 0.3 is 0 Å². The van der Waals surface area contributed by atoms with E-state index in [1.54, 1.807) is 12.1 Å². The lowest BCUT2D eigenvalue weighted by Gasteiger charge is -2.41. The molecule has 0 atom stereocenters. The monoisotopic (exact) mass is 383 g/mol. The fourth-order valence-electron chi connectivity index (χ4n) is 3.15. The Morgan fingerprint density at radius 1 is 1.08 bits per heavy atom. The molecule has 0 amide bonds. The Morgan fingerprint density at radius 3 is 2.46 bits per heavy atom. The summed E-state index contributed by atoms with van der Waals surface area (Å²) < 4.78 is 14.3. The van der Waals surface area contributed by atoms with E-state index in [0.717, 1.165) is 42.8 Å². The number of hydrogen-bond acceptors (Lipinski definition) is 2. The molecule has 1 aliphatic heterocycles. The van der Waals surface area contributed by atoms with Gasteiger partial charge in [-0.15, -0.1) is 11.8 Å². The SMILES string of the molecule is CN1CCC(SCc2ccc(Cl)c(Cl)c2)(c2ccccc2F)CC1. The molecule has 1 nitrogen and oxygen atoms in total. The molecule has 5 heteroatoms. The van der Waals surface area contributed by atoms with Crippen LogP contribution >= 0.6 is 35.0 Å². The number of piperidine rings is 1. The van der Waals surface area contributed by atoms with Gasteiger partial charge in [0.2, 0.25) is 0 Å². The third-order valence-corrected chi connectivity index (χ3v) is 7.06. The highest BCUT2D eigenvalue weighted by Crippen LogP contribution is 2.47. The Kier molecular flexibility index (Phi) is 5.76. The maximum Gasteiger partial charge on any atom is 0.127 e. The van der Waals surface area contributed by atoms with Crippen LogP contribution in [0.15, 0.2) is 42.5 Å². The van der Waals surface area contributed by atoms with E-state index in [1.807, 2.05) is 42.1 Å². The van der Waals surface area contributed by atoms with Crippen molar-refractivity contribution < 1.29 is 4.39 Å². The predicted molar refractivity (Wildman–Crippen MR) is 103 cm³/mol. The lowest BCUT2D eigenvalue weighted by Crippen LogP contribution is -2.39. The first-order valence-corrected chi connectivity index (χ1v) is 9.76. The van der Waals surface area contributed by atoms with E-state index in [9.17, 15) is 4.39 Å². The van der Waals surface area contributed by atoms with Crippen molar-refractivity contribution in [2.75, 3.05) is 20.1 Å². The first-order chi connectivity index (χ1) is 11.5. The average molecular weight is 384 g/mol. The molecule has 0 bridgehead atoms. The van der Waals surface area contributed by atoms with Crippen molar-refractivity contribution in [3.63, 3.8) is 0 Å². The van der Waals surface area contributed by atoms with Gasteiger partial charge in [-0.3, -0.25) is 0 Å². The zero-order valence-electron chi connectivity index (χ0n) is 13.6. The minimum atomic E-state index is -0.191. The van der Waals surface area contributed by atoms with Crippen LogP contribution in [0.1, 0.15) is 24.0 Å². The molecule has 0 aromatic heterocycles. The molecular formula is C19H20Cl2FNS. The molecule has 2 aromatic carbocycles. The Labute approximate surface area is 157 Å². The molecule has 0 N–H and O–H groups in total. The van der Waals surface area contributed by atoms with E-state index in [2.05, 4.69) is 11.9 Å². The smallest absolute Gasteiger partial charge is 0.127 e. The van der Waals surface area contributed by atoms with Gasteiger partial charge in [-0.2, -0.15) is 0 Å². The highest BCUT2D eigenvalue weighted by Gasteiger charge is 2.37. The van der Waals surface area contributed by atoms with Gasteiger partial charge in [0.1, 0.15) is 5.82 Å². The van der Waals surface area contributed by atoms with Crippen LogP contribution in [0, 0.1) is 5.82 Å². The molecule has 1 saturated heterocycles. The van der Waals surface area contributed by atoms with Crippen molar-refractivity contribution >= 4 is 35.0 Å². The summed E-state index contributed by atoms with van der Waals surface area (Å²) in [6.45, 7) is 1.95. The summed E-state index contributed by atoms with van der Waals surface area (Å²) in [6.07, 6.45) is 1.88. The molecule has 3 rings (SSSR count). The van der Waals surface area contributed by atoms with Crippen molar-refractivity contribution in [2.24, 2.45) is 0 Å². The number of nitrogens with zero attached hydrogens (tertiary/aromatic N) is 1. The number of thioether (sulfide) groups is 1. The maximum atomic E-state index is 14.5. The molecule has 128 valence electrons. The third kappa shape index (κ3) is 3.91. The second-order valence-corrected chi connectivity index (χ2v) is 8.49. The number of halogens is 3. The predicted octanol–water partition coefficient (Wildman–Crippen LogP) is 5.99. The molecule has 2 aromatic rings. The second-order valence-electron chi connectivity index (χ2n) is 6.31. The molecular weight excluding hydrogens is 364 g/mol. The van der Waals surface area contributed by atoms with Crippen LogP contribution in [0.2, 0.25) is 10.0 Å². The van der Waals surface area contributed by atoms with Crippen LogP contribution in [0.25, 0.3) is 0 Å². The lowest BCUT2D eigenvalue weighted by molar-refractivity contribution is 0.237. The van der Waals surface area contributed by atoms with E-state index >= 15 is 0 Å². The maximum absolute atomic E-state index is 14.5. The molecule has 1 aliphatic rings. The summed E-state index contributed by atoms with van der Waals surface area (Å²) in [4.78, 5) is 2.30. The molecule has 0 saturated carbocycles. The van der Waals surface area contributed by atoms with Crippen LogP contribution < -0.4 is 0 Å². The Balaban J connectivity index is 1.85. The average Bonchev–Trinajstić information content (AvgIpc) is 2.58. The molecule has 0 spiro atoms. The topological polar surface area (TPSA) is 3.24 Å². The number of rotatable bonds is 4. The summed E-state index contributed by atoms with van der Waals surface area (Å²) in [5, 5.41) is 1.13. The zero-order chi connectivity index (χ0) is 17.2. The van der Waals surface area contributed by atoms with Gasteiger partial charge in [0.25, 0.3) is 0 Å². The first-order valence-electron chi connectivity index (χ1n) is 8.02. The number of benzene rings is 2. The Bertz CT molecular complexity index is 714. The fraction of sp³-hybridized carbons (Fsp3) is 0.368. The normalized spacial score (nSPS) is 17.8. The van der Waals surface area contributed by atoms with Crippen molar-refractivity contribution in [1.29, 1.82) is 0 Å². The summed E-state index contributed by atoms with van der Waals surface area (Å²) in [5.74, 6) is 0.679. The van der Waals surface area contributed by atoms with Gasteiger partial charge in [-0.1, -0.05) is 47.5 Å². The number of hydrogen-bond donors (Lipinski definition) is 0. The van der Waals surface area contributed by atoms with E-state index in [1.165, 1.54) is 0 Å².